The van der Waals surface area contributed by atoms with Crippen molar-refractivity contribution in [2.24, 2.45) is 0 Å². The van der Waals surface area contributed by atoms with E-state index in [0.717, 1.165) is 11.4 Å². The first-order valence-corrected chi connectivity index (χ1v) is 5.68. The van der Waals surface area contributed by atoms with E-state index in [2.05, 4.69) is 4.98 Å². The van der Waals surface area contributed by atoms with Gasteiger partial charge in [-0.05, 0) is 24.3 Å². The molecule has 4 nitrogen and oxygen atoms in total. The van der Waals surface area contributed by atoms with Crippen molar-refractivity contribution in [3.8, 4) is 5.75 Å². The molecule has 0 saturated heterocycles. The van der Waals surface area contributed by atoms with Gasteiger partial charge in [0.1, 0.15) is 5.75 Å². The SMILES string of the molecule is COc1ccc(C(=O)C[n+]2ccc(C)nc2)cc1. The molecule has 0 aliphatic carbocycles. The number of ether oxygens (including phenoxy) is 1. The van der Waals surface area contributed by atoms with Crippen LogP contribution >= 0.6 is 0 Å². The van der Waals surface area contributed by atoms with Crippen LogP contribution in [0.3, 0.4) is 0 Å². The zero-order valence-corrected chi connectivity index (χ0v) is 10.5. The van der Waals surface area contributed by atoms with Crippen LogP contribution in [-0.2, 0) is 6.54 Å². The predicted octanol–water partition coefficient (Wildman–Crippen LogP) is 1.57. The van der Waals surface area contributed by atoms with Crippen molar-refractivity contribution in [3.05, 3.63) is 54.1 Å². The minimum Gasteiger partial charge on any atom is -0.497 e. The van der Waals surface area contributed by atoms with Crippen LogP contribution in [0.2, 0.25) is 0 Å². The van der Waals surface area contributed by atoms with Crippen molar-refractivity contribution in [3.63, 3.8) is 0 Å². The molecule has 4 heteroatoms. The van der Waals surface area contributed by atoms with Gasteiger partial charge in [-0.1, -0.05) is 4.98 Å². The van der Waals surface area contributed by atoms with Crippen LogP contribution in [0, 0.1) is 6.92 Å². The molecule has 0 unspecified atom stereocenters. The topological polar surface area (TPSA) is 43.1 Å². The molecule has 1 heterocycles. The van der Waals surface area contributed by atoms with E-state index < -0.39 is 0 Å². The molecule has 1 aromatic carbocycles. The Morgan fingerprint density at radius 2 is 2.00 bits per heavy atom. The van der Waals surface area contributed by atoms with Gasteiger partial charge in [0, 0.05) is 18.6 Å². The van der Waals surface area contributed by atoms with Gasteiger partial charge in [-0.3, -0.25) is 4.79 Å². The fourth-order valence-electron chi connectivity index (χ4n) is 1.58. The van der Waals surface area contributed by atoms with E-state index in [0.29, 0.717) is 12.1 Å². The van der Waals surface area contributed by atoms with Crippen LogP contribution < -0.4 is 9.30 Å². The second-order valence-corrected chi connectivity index (χ2v) is 4.03. The highest BCUT2D eigenvalue weighted by Crippen LogP contribution is 2.11. The van der Waals surface area contributed by atoms with Crippen molar-refractivity contribution in [2.75, 3.05) is 7.11 Å². The van der Waals surface area contributed by atoms with Gasteiger partial charge in [-0.15, -0.1) is 0 Å². The summed E-state index contributed by atoms with van der Waals surface area (Å²) in [5.74, 6) is 0.796. The summed E-state index contributed by atoms with van der Waals surface area (Å²) in [5.41, 5.74) is 1.60. The standard InChI is InChI=1S/C14H15N2O2/c1-11-7-8-16(10-15-11)9-14(17)12-3-5-13(18-2)6-4-12/h3-8,10H,9H2,1-2H3/q+1. The van der Waals surface area contributed by atoms with Crippen molar-refractivity contribution in [2.45, 2.75) is 13.5 Å². The summed E-state index contributed by atoms with van der Waals surface area (Å²) in [6.07, 6.45) is 3.51. The second-order valence-electron chi connectivity index (χ2n) is 4.03. The number of methoxy groups -OCH3 is 1. The number of carbonyl (C=O) groups excluding carboxylic acids is 1. The molecule has 0 fully saturated rings. The molecular weight excluding hydrogens is 228 g/mol. The molecule has 0 bridgehead atoms. The predicted molar refractivity (Wildman–Crippen MR) is 66.5 cm³/mol. The lowest BCUT2D eigenvalue weighted by atomic mass is 10.1. The van der Waals surface area contributed by atoms with Gasteiger partial charge in [0.05, 0.1) is 13.3 Å². The van der Waals surface area contributed by atoms with E-state index in [9.17, 15) is 4.79 Å². The Hall–Kier alpha value is -2.23. The summed E-state index contributed by atoms with van der Waals surface area (Å²) in [6.45, 7) is 2.20. The molecule has 0 aliphatic rings. The zero-order chi connectivity index (χ0) is 13.0. The van der Waals surface area contributed by atoms with Crippen molar-refractivity contribution < 1.29 is 14.1 Å². The number of ketones is 1. The molecule has 2 aromatic rings. The summed E-state index contributed by atoms with van der Waals surface area (Å²) in [7, 11) is 1.60. The lowest BCUT2D eigenvalue weighted by molar-refractivity contribution is -0.686. The summed E-state index contributed by atoms with van der Waals surface area (Å²) >= 11 is 0. The first-order chi connectivity index (χ1) is 8.69. The van der Waals surface area contributed by atoms with Crippen LogP contribution in [0.1, 0.15) is 16.1 Å². The number of nitrogens with zero attached hydrogens (tertiary/aromatic N) is 2. The third kappa shape index (κ3) is 2.91. The number of benzene rings is 1. The summed E-state index contributed by atoms with van der Waals surface area (Å²) in [5, 5.41) is 0. The number of rotatable bonds is 4. The largest absolute Gasteiger partial charge is 0.497 e. The van der Waals surface area contributed by atoms with E-state index in [1.165, 1.54) is 0 Å². The van der Waals surface area contributed by atoms with Crippen molar-refractivity contribution in [1.82, 2.24) is 4.98 Å². The molecule has 1 aromatic heterocycles. The van der Waals surface area contributed by atoms with Gasteiger partial charge in [0.25, 0.3) is 6.33 Å². The highest BCUT2D eigenvalue weighted by molar-refractivity contribution is 5.95. The lowest BCUT2D eigenvalue weighted by Gasteiger charge is -2.02. The van der Waals surface area contributed by atoms with Gasteiger partial charge in [0.2, 0.25) is 5.78 Å². The van der Waals surface area contributed by atoms with Crippen LogP contribution in [0.4, 0.5) is 0 Å². The molecule has 0 N–H and O–H groups in total. The normalized spacial score (nSPS) is 10.1. The van der Waals surface area contributed by atoms with E-state index in [1.54, 1.807) is 42.3 Å². The molecule has 18 heavy (non-hydrogen) atoms. The third-order valence-electron chi connectivity index (χ3n) is 2.66. The average Bonchev–Trinajstić information content (AvgIpc) is 2.41. The fraction of sp³-hybridized carbons (Fsp3) is 0.214. The Balaban J connectivity index is 2.09. The number of Topliss-reactive ketones (excluding diaryl/α,β-unsaturated/α-hetero) is 1. The quantitative estimate of drug-likeness (QED) is 0.604. The minimum absolute atomic E-state index is 0.0494. The Labute approximate surface area is 106 Å². The highest BCUT2D eigenvalue weighted by Gasteiger charge is 2.10. The molecule has 0 amide bonds. The van der Waals surface area contributed by atoms with Crippen molar-refractivity contribution in [1.29, 1.82) is 0 Å². The fourth-order valence-corrected chi connectivity index (χ4v) is 1.58. The molecule has 0 radical (unpaired) electrons. The first kappa shape index (κ1) is 12.2. The van der Waals surface area contributed by atoms with Gasteiger partial charge in [-0.25, -0.2) is 4.57 Å². The third-order valence-corrected chi connectivity index (χ3v) is 2.66. The van der Waals surface area contributed by atoms with E-state index >= 15 is 0 Å². The Kier molecular flexibility index (Phi) is 3.67. The average molecular weight is 243 g/mol. The Bertz CT molecular complexity index is 533. The highest BCUT2D eigenvalue weighted by atomic mass is 16.5. The van der Waals surface area contributed by atoms with E-state index in [-0.39, 0.29) is 5.78 Å². The Morgan fingerprint density at radius 3 is 2.56 bits per heavy atom. The summed E-state index contributed by atoms with van der Waals surface area (Å²) < 4.78 is 6.82. The minimum atomic E-state index is 0.0494. The molecular formula is C14H15N2O2+. The number of hydrogen-bond acceptors (Lipinski definition) is 3. The molecule has 92 valence electrons. The van der Waals surface area contributed by atoms with Gasteiger partial charge in [0.15, 0.2) is 12.2 Å². The maximum absolute atomic E-state index is 12.0. The maximum atomic E-state index is 12.0. The number of carbonyl (C=O) groups is 1. The van der Waals surface area contributed by atoms with Crippen LogP contribution in [-0.4, -0.2) is 17.9 Å². The molecule has 0 saturated carbocycles. The summed E-state index contributed by atoms with van der Waals surface area (Å²) in [4.78, 5) is 16.2. The number of hydrogen-bond donors (Lipinski definition) is 0. The molecule has 0 atom stereocenters. The van der Waals surface area contributed by atoms with Crippen LogP contribution in [0.25, 0.3) is 0 Å². The van der Waals surface area contributed by atoms with Gasteiger partial charge >= 0.3 is 0 Å². The van der Waals surface area contributed by atoms with E-state index in [4.69, 9.17) is 4.74 Å². The van der Waals surface area contributed by atoms with Crippen LogP contribution in [0.15, 0.2) is 42.9 Å². The van der Waals surface area contributed by atoms with Gasteiger partial charge in [-0.2, -0.15) is 0 Å². The number of aromatic nitrogens is 2. The van der Waals surface area contributed by atoms with E-state index in [1.807, 2.05) is 19.2 Å². The lowest BCUT2D eigenvalue weighted by Crippen LogP contribution is -2.37. The smallest absolute Gasteiger partial charge is 0.286 e. The monoisotopic (exact) mass is 243 g/mol. The number of aryl methyl sites for hydroxylation is 1. The molecule has 2 rings (SSSR count). The maximum Gasteiger partial charge on any atom is 0.286 e. The first-order valence-electron chi connectivity index (χ1n) is 5.68. The molecule has 0 aliphatic heterocycles. The van der Waals surface area contributed by atoms with Crippen molar-refractivity contribution >= 4 is 5.78 Å². The van der Waals surface area contributed by atoms with Crippen LogP contribution in [0.5, 0.6) is 5.75 Å². The van der Waals surface area contributed by atoms with Gasteiger partial charge < -0.3 is 4.74 Å². The second kappa shape index (κ2) is 5.40. The molecule has 0 spiro atoms. The summed E-state index contributed by atoms with van der Waals surface area (Å²) in [6, 6.07) is 8.98. The zero-order valence-electron chi connectivity index (χ0n) is 10.5. The Morgan fingerprint density at radius 1 is 1.28 bits per heavy atom.